The van der Waals surface area contributed by atoms with E-state index in [0.717, 1.165) is 0 Å². The van der Waals surface area contributed by atoms with Crippen molar-refractivity contribution in [2.24, 2.45) is 0 Å². The molecule has 2 aromatic rings. The van der Waals surface area contributed by atoms with E-state index >= 15 is 0 Å². The molecule has 0 radical (unpaired) electrons. The first kappa shape index (κ1) is 17.5. The average Bonchev–Trinajstić information content (AvgIpc) is 2.63. The Kier molecular flexibility index (Phi) is 5.07. The molecule has 0 saturated carbocycles. The molecule has 0 atom stereocenters. The van der Waals surface area contributed by atoms with Gasteiger partial charge in [-0.25, -0.2) is 13.4 Å². The van der Waals surface area contributed by atoms with Crippen LogP contribution < -0.4 is 5.32 Å². The summed E-state index contributed by atoms with van der Waals surface area (Å²) in [6.07, 6.45) is 4.27. The monoisotopic (exact) mass is 361 g/mol. The number of hydrogen-bond acceptors (Lipinski definition) is 6. The molecule has 0 aliphatic carbocycles. The number of benzene rings is 1. The second-order valence-corrected chi connectivity index (χ2v) is 7.71. The summed E-state index contributed by atoms with van der Waals surface area (Å²) in [6.45, 7) is 2.38. The first-order chi connectivity index (χ1) is 12.0. The van der Waals surface area contributed by atoms with Gasteiger partial charge in [-0.15, -0.1) is 0 Å². The van der Waals surface area contributed by atoms with E-state index < -0.39 is 15.9 Å². The second kappa shape index (κ2) is 7.26. The van der Waals surface area contributed by atoms with Crippen LogP contribution in [0.2, 0.25) is 0 Å². The maximum Gasteiger partial charge on any atom is 0.275 e. The van der Waals surface area contributed by atoms with Crippen LogP contribution in [0.4, 0.5) is 5.69 Å². The number of aromatic nitrogens is 2. The molecular formula is C16H19N5O3S. The van der Waals surface area contributed by atoms with Gasteiger partial charge in [0.1, 0.15) is 5.69 Å². The number of rotatable bonds is 4. The van der Waals surface area contributed by atoms with Crippen LogP contribution in [0.3, 0.4) is 0 Å². The topological polar surface area (TPSA) is 95.5 Å². The maximum absolute atomic E-state index is 12.7. The Balaban J connectivity index is 1.70. The number of amides is 1. The lowest BCUT2D eigenvalue weighted by Gasteiger charge is -2.31. The molecule has 1 saturated heterocycles. The largest absolute Gasteiger partial charge is 0.321 e. The molecule has 0 bridgehead atoms. The normalized spacial score (nSPS) is 16.5. The van der Waals surface area contributed by atoms with Crippen molar-refractivity contribution in [2.45, 2.75) is 4.90 Å². The van der Waals surface area contributed by atoms with E-state index in [1.807, 2.05) is 7.05 Å². The molecular weight excluding hydrogens is 342 g/mol. The third-order valence-electron chi connectivity index (χ3n) is 4.01. The lowest BCUT2D eigenvalue weighted by atomic mass is 10.3. The molecule has 1 aromatic carbocycles. The van der Waals surface area contributed by atoms with Crippen molar-refractivity contribution in [1.82, 2.24) is 19.2 Å². The van der Waals surface area contributed by atoms with Crippen LogP contribution in [0, 0.1) is 0 Å². The second-order valence-electron chi connectivity index (χ2n) is 5.78. The maximum atomic E-state index is 12.7. The number of sulfonamides is 1. The first-order valence-corrected chi connectivity index (χ1v) is 9.27. The number of piperazine rings is 1. The number of nitrogens with zero attached hydrogens (tertiary/aromatic N) is 4. The van der Waals surface area contributed by atoms with Gasteiger partial charge in [0.15, 0.2) is 0 Å². The molecule has 3 rings (SSSR count). The summed E-state index contributed by atoms with van der Waals surface area (Å²) in [5.41, 5.74) is 0.685. The molecule has 0 spiro atoms. The summed E-state index contributed by atoms with van der Waals surface area (Å²) in [5.74, 6) is -0.400. The van der Waals surface area contributed by atoms with Crippen LogP contribution in [0.25, 0.3) is 0 Å². The molecule has 25 heavy (non-hydrogen) atoms. The first-order valence-electron chi connectivity index (χ1n) is 7.83. The third-order valence-corrected chi connectivity index (χ3v) is 5.92. The average molecular weight is 361 g/mol. The van der Waals surface area contributed by atoms with Crippen molar-refractivity contribution in [3.05, 3.63) is 48.5 Å². The Hall–Kier alpha value is -2.36. The van der Waals surface area contributed by atoms with Crippen LogP contribution in [-0.4, -0.2) is 66.7 Å². The SMILES string of the molecule is CN1CCN(S(=O)(=O)c2ccc(NC(=O)c3cnccn3)cc2)CC1. The van der Waals surface area contributed by atoms with Crippen molar-refractivity contribution in [3.8, 4) is 0 Å². The van der Waals surface area contributed by atoms with Gasteiger partial charge in [0.2, 0.25) is 10.0 Å². The molecule has 2 heterocycles. The lowest BCUT2D eigenvalue weighted by Crippen LogP contribution is -2.46. The number of carbonyl (C=O) groups is 1. The molecule has 1 fully saturated rings. The predicted molar refractivity (Wildman–Crippen MR) is 92.7 cm³/mol. The highest BCUT2D eigenvalue weighted by Gasteiger charge is 2.27. The van der Waals surface area contributed by atoms with Gasteiger partial charge >= 0.3 is 0 Å². The van der Waals surface area contributed by atoms with E-state index in [1.54, 1.807) is 12.1 Å². The van der Waals surface area contributed by atoms with Crippen LogP contribution >= 0.6 is 0 Å². The van der Waals surface area contributed by atoms with Crippen LogP contribution in [0.15, 0.2) is 47.8 Å². The minimum absolute atomic E-state index is 0.191. The summed E-state index contributed by atoms with van der Waals surface area (Å²) in [4.78, 5) is 22.1. The highest BCUT2D eigenvalue weighted by molar-refractivity contribution is 7.89. The van der Waals surface area contributed by atoms with Crippen LogP contribution in [0.1, 0.15) is 10.5 Å². The molecule has 1 aromatic heterocycles. The zero-order chi connectivity index (χ0) is 17.9. The van der Waals surface area contributed by atoms with Gasteiger partial charge in [-0.3, -0.25) is 9.78 Å². The standard InChI is InChI=1S/C16H19N5O3S/c1-20-8-10-21(11-9-20)25(23,24)14-4-2-13(3-5-14)19-16(22)15-12-17-6-7-18-15/h2-7,12H,8-11H2,1H3,(H,19,22). The summed E-state index contributed by atoms with van der Waals surface area (Å²) in [5, 5.41) is 2.67. The van der Waals surface area contributed by atoms with Crippen molar-refractivity contribution < 1.29 is 13.2 Å². The molecule has 8 nitrogen and oxygen atoms in total. The van der Waals surface area contributed by atoms with E-state index in [-0.39, 0.29) is 10.6 Å². The summed E-state index contributed by atoms with van der Waals surface area (Å²) < 4.78 is 26.8. The molecule has 1 aliphatic rings. The number of nitrogens with one attached hydrogen (secondary N) is 1. The Morgan fingerprint density at radius 2 is 1.76 bits per heavy atom. The lowest BCUT2D eigenvalue weighted by molar-refractivity contribution is 0.102. The number of carbonyl (C=O) groups excluding carboxylic acids is 1. The van der Waals surface area contributed by atoms with E-state index in [2.05, 4.69) is 20.2 Å². The van der Waals surface area contributed by atoms with E-state index in [4.69, 9.17) is 0 Å². The van der Waals surface area contributed by atoms with E-state index in [1.165, 1.54) is 35.0 Å². The molecule has 1 N–H and O–H groups in total. The van der Waals surface area contributed by atoms with E-state index in [0.29, 0.717) is 31.9 Å². The zero-order valence-corrected chi connectivity index (χ0v) is 14.6. The van der Waals surface area contributed by atoms with Crippen LogP contribution in [-0.2, 0) is 10.0 Å². The minimum atomic E-state index is -3.51. The number of anilines is 1. The molecule has 0 unspecified atom stereocenters. The van der Waals surface area contributed by atoms with Gasteiger partial charge in [0.25, 0.3) is 5.91 Å². The van der Waals surface area contributed by atoms with Gasteiger partial charge in [-0.2, -0.15) is 4.31 Å². The Morgan fingerprint density at radius 3 is 2.36 bits per heavy atom. The van der Waals surface area contributed by atoms with Gasteiger partial charge in [-0.1, -0.05) is 0 Å². The highest BCUT2D eigenvalue weighted by atomic mass is 32.2. The smallest absolute Gasteiger partial charge is 0.275 e. The Bertz CT molecular complexity index is 832. The van der Waals surface area contributed by atoms with Crippen molar-refractivity contribution >= 4 is 21.6 Å². The molecule has 132 valence electrons. The van der Waals surface area contributed by atoms with Gasteiger partial charge in [-0.05, 0) is 31.3 Å². The Morgan fingerprint density at radius 1 is 1.08 bits per heavy atom. The summed E-state index contributed by atoms with van der Waals surface area (Å²) in [7, 11) is -1.54. The van der Waals surface area contributed by atoms with Crippen LogP contribution in [0.5, 0.6) is 0 Å². The summed E-state index contributed by atoms with van der Waals surface area (Å²) >= 11 is 0. The fraction of sp³-hybridized carbons (Fsp3) is 0.312. The van der Waals surface area contributed by atoms with Gasteiger partial charge < -0.3 is 10.2 Å². The Labute approximate surface area is 146 Å². The van der Waals surface area contributed by atoms with E-state index in [9.17, 15) is 13.2 Å². The number of likely N-dealkylation sites (N-methyl/N-ethyl adjacent to an activating group) is 1. The molecule has 1 amide bonds. The third kappa shape index (κ3) is 4.01. The molecule has 1 aliphatic heterocycles. The minimum Gasteiger partial charge on any atom is -0.321 e. The van der Waals surface area contributed by atoms with Gasteiger partial charge in [0, 0.05) is 44.3 Å². The van der Waals surface area contributed by atoms with Crippen molar-refractivity contribution in [1.29, 1.82) is 0 Å². The molecule has 9 heteroatoms. The quantitative estimate of drug-likeness (QED) is 0.860. The van der Waals surface area contributed by atoms with Gasteiger partial charge in [0.05, 0.1) is 11.1 Å². The zero-order valence-electron chi connectivity index (χ0n) is 13.8. The van der Waals surface area contributed by atoms with Crippen molar-refractivity contribution in [3.63, 3.8) is 0 Å². The summed E-state index contributed by atoms with van der Waals surface area (Å²) in [6, 6.07) is 6.13. The fourth-order valence-corrected chi connectivity index (χ4v) is 3.92. The highest BCUT2D eigenvalue weighted by Crippen LogP contribution is 2.20. The number of hydrogen-bond donors (Lipinski definition) is 1. The fourth-order valence-electron chi connectivity index (χ4n) is 2.50. The predicted octanol–water partition coefficient (Wildman–Crippen LogP) is 0.665. The van der Waals surface area contributed by atoms with Crippen molar-refractivity contribution in [2.75, 3.05) is 38.5 Å².